The molecule has 0 aliphatic rings. The van der Waals surface area contributed by atoms with Gasteiger partial charge in [0.15, 0.2) is 0 Å². The highest BCUT2D eigenvalue weighted by atomic mass is 32.2. The maximum Gasteiger partial charge on any atom is 0.108 e. The van der Waals surface area contributed by atoms with Gasteiger partial charge in [0.2, 0.25) is 0 Å². The standard InChI is InChI=1S/C12H17N3OS/c1-4-16-9-8-15-11(14(2)3)5-6-12(15)17-10-7-13/h4-6H,1,8-10H2,2-3H3. The third kappa shape index (κ3) is 3.75. The lowest BCUT2D eigenvalue weighted by atomic mass is 10.5. The molecule has 0 N–H and O–H groups in total. The normalized spacial score (nSPS) is 9.71. The summed E-state index contributed by atoms with van der Waals surface area (Å²) in [4.78, 5) is 2.05. The van der Waals surface area contributed by atoms with Crippen LogP contribution < -0.4 is 4.90 Å². The molecule has 0 bridgehead atoms. The zero-order valence-corrected chi connectivity index (χ0v) is 11.0. The fourth-order valence-corrected chi connectivity index (χ4v) is 2.23. The molecule has 17 heavy (non-hydrogen) atoms. The summed E-state index contributed by atoms with van der Waals surface area (Å²) < 4.78 is 7.30. The minimum Gasteiger partial charge on any atom is -0.500 e. The van der Waals surface area contributed by atoms with Gasteiger partial charge in [0.25, 0.3) is 0 Å². The zero-order chi connectivity index (χ0) is 12.7. The van der Waals surface area contributed by atoms with Crippen LogP contribution in [0, 0.1) is 11.3 Å². The minimum absolute atomic E-state index is 0.458. The average Bonchev–Trinajstić information content (AvgIpc) is 2.70. The van der Waals surface area contributed by atoms with Crippen molar-refractivity contribution < 1.29 is 4.74 Å². The van der Waals surface area contributed by atoms with E-state index in [4.69, 9.17) is 10.00 Å². The molecule has 0 spiro atoms. The molecule has 5 heteroatoms. The number of anilines is 1. The van der Waals surface area contributed by atoms with Crippen LogP contribution in [0.25, 0.3) is 0 Å². The van der Waals surface area contributed by atoms with E-state index < -0.39 is 0 Å². The smallest absolute Gasteiger partial charge is 0.108 e. The van der Waals surface area contributed by atoms with Crippen LogP contribution in [0.2, 0.25) is 0 Å². The van der Waals surface area contributed by atoms with E-state index in [0.29, 0.717) is 12.4 Å². The SMILES string of the molecule is C=COCCn1c(SCC#N)ccc1N(C)C. The second-order valence-corrected chi connectivity index (χ2v) is 4.56. The Labute approximate surface area is 106 Å². The summed E-state index contributed by atoms with van der Waals surface area (Å²) >= 11 is 1.54. The van der Waals surface area contributed by atoms with E-state index in [1.807, 2.05) is 31.1 Å². The Hall–Kier alpha value is -1.54. The number of nitrogens with zero attached hydrogens (tertiary/aromatic N) is 3. The van der Waals surface area contributed by atoms with Gasteiger partial charge in [0.05, 0.1) is 29.7 Å². The number of aromatic nitrogens is 1. The van der Waals surface area contributed by atoms with Crippen molar-refractivity contribution >= 4 is 17.6 Å². The third-order valence-corrected chi connectivity index (χ3v) is 3.14. The van der Waals surface area contributed by atoms with Crippen molar-refractivity contribution in [3.63, 3.8) is 0 Å². The second-order valence-electron chi connectivity index (χ2n) is 3.56. The van der Waals surface area contributed by atoms with Crippen LogP contribution in [-0.2, 0) is 11.3 Å². The minimum atomic E-state index is 0.458. The van der Waals surface area contributed by atoms with Gasteiger partial charge in [-0.25, -0.2) is 0 Å². The van der Waals surface area contributed by atoms with Crippen molar-refractivity contribution in [3.05, 3.63) is 25.0 Å². The molecule has 92 valence electrons. The molecule has 1 rings (SSSR count). The Morgan fingerprint density at radius 1 is 1.59 bits per heavy atom. The van der Waals surface area contributed by atoms with Crippen LogP contribution in [0.3, 0.4) is 0 Å². The molecule has 0 amide bonds. The first-order chi connectivity index (χ1) is 8.20. The Morgan fingerprint density at radius 3 is 2.94 bits per heavy atom. The van der Waals surface area contributed by atoms with Gasteiger partial charge < -0.3 is 14.2 Å². The molecular formula is C12H17N3OS. The Bertz CT molecular complexity index is 406. The molecule has 0 atom stereocenters. The van der Waals surface area contributed by atoms with Crippen molar-refractivity contribution in [1.29, 1.82) is 5.26 Å². The molecule has 0 aliphatic heterocycles. The van der Waals surface area contributed by atoms with Crippen molar-refractivity contribution in [1.82, 2.24) is 4.57 Å². The molecule has 1 aromatic heterocycles. The van der Waals surface area contributed by atoms with Gasteiger partial charge in [-0.15, -0.1) is 0 Å². The van der Waals surface area contributed by atoms with E-state index in [1.165, 1.54) is 18.0 Å². The van der Waals surface area contributed by atoms with E-state index in [-0.39, 0.29) is 0 Å². The lowest BCUT2D eigenvalue weighted by Gasteiger charge is -2.17. The molecule has 0 radical (unpaired) electrons. The van der Waals surface area contributed by atoms with Crippen LogP contribution in [0.1, 0.15) is 0 Å². The van der Waals surface area contributed by atoms with E-state index in [0.717, 1.165) is 17.4 Å². The van der Waals surface area contributed by atoms with Gasteiger partial charge in [0.1, 0.15) is 12.4 Å². The van der Waals surface area contributed by atoms with Crippen molar-refractivity contribution in [2.45, 2.75) is 11.6 Å². The number of rotatable bonds is 7. The maximum atomic E-state index is 8.62. The van der Waals surface area contributed by atoms with E-state index in [1.54, 1.807) is 0 Å². The average molecular weight is 251 g/mol. The van der Waals surface area contributed by atoms with Crippen LogP contribution >= 0.6 is 11.8 Å². The fraction of sp³-hybridized carbons (Fsp3) is 0.417. The summed E-state index contributed by atoms with van der Waals surface area (Å²) in [5.74, 6) is 1.57. The summed E-state index contributed by atoms with van der Waals surface area (Å²) in [7, 11) is 4.00. The van der Waals surface area contributed by atoms with Crippen LogP contribution in [-0.4, -0.2) is 31.0 Å². The van der Waals surface area contributed by atoms with Crippen molar-refractivity contribution in [2.75, 3.05) is 31.4 Å². The van der Waals surface area contributed by atoms with Crippen LogP contribution in [0.15, 0.2) is 30.0 Å². The summed E-state index contributed by atoms with van der Waals surface area (Å²) in [6.07, 6.45) is 1.45. The number of thioether (sulfide) groups is 1. The molecule has 0 saturated carbocycles. The first-order valence-electron chi connectivity index (χ1n) is 5.29. The maximum absolute atomic E-state index is 8.62. The van der Waals surface area contributed by atoms with Gasteiger partial charge in [-0.05, 0) is 12.1 Å². The summed E-state index contributed by atoms with van der Waals surface area (Å²) in [5, 5.41) is 9.71. The summed E-state index contributed by atoms with van der Waals surface area (Å²) in [5.41, 5.74) is 0. The summed E-state index contributed by atoms with van der Waals surface area (Å²) in [6.45, 7) is 4.85. The molecule has 0 aliphatic carbocycles. The second kappa shape index (κ2) is 6.92. The lowest BCUT2D eigenvalue weighted by Crippen LogP contribution is -2.16. The molecule has 0 unspecified atom stereocenters. The van der Waals surface area contributed by atoms with E-state index in [2.05, 4.69) is 17.2 Å². The van der Waals surface area contributed by atoms with Crippen LogP contribution in [0.4, 0.5) is 5.82 Å². The highest BCUT2D eigenvalue weighted by molar-refractivity contribution is 7.99. The fourth-order valence-electron chi connectivity index (χ4n) is 1.51. The predicted molar refractivity (Wildman–Crippen MR) is 71.2 cm³/mol. The van der Waals surface area contributed by atoms with Gasteiger partial charge in [-0.2, -0.15) is 5.26 Å². The Morgan fingerprint density at radius 2 is 2.35 bits per heavy atom. The molecule has 4 nitrogen and oxygen atoms in total. The quantitative estimate of drug-likeness (QED) is 0.424. The number of nitriles is 1. The predicted octanol–water partition coefficient (Wildman–Crippen LogP) is 2.33. The largest absolute Gasteiger partial charge is 0.500 e. The van der Waals surface area contributed by atoms with E-state index in [9.17, 15) is 0 Å². The lowest BCUT2D eigenvalue weighted by molar-refractivity contribution is 0.234. The summed E-state index contributed by atoms with van der Waals surface area (Å²) in [6, 6.07) is 6.22. The molecule has 1 heterocycles. The van der Waals surface area contributed by atoms with Gasteiger partial charge in [-0.3, -0.25) is 0 Å². The molecular weight excluding hydrogens is 234 g/mol. The highest BCUT2D eigenvalue weighted by Crippen LogP contribution is 2.25. The van der Waals surface area contributed by atoms with Gasteiger partial charge >= 0.3 is 0 Å². The van der Waals surface area contributed by atoms with Gasteiger partial charge in [-0.1, -0.05) is 18.3 Å². The molecule has 1 aromatic rings. The monoisotopic (exact) mass is 251 g/mol. The Balaban J connectivity index is 2.82. The molecule has 0 aromatic carbocycles. The third-order valence-electron chi connectivity index (χ3n) is 2.21. The number of ether oxygens (including phenoxy) is 1. The molecule has 0 fully saturated rings. The van der Waals surface area contributed by atoms with Gasteiger partial charge in [0, 0.05) is 14.1 Å². The first kappa shape index (κ1) is 13.5. The van der Waals surface area contributed by atoms with Crippen molar-refractivity contribution in [2.24, 2.45) is 0 Å². The highest BCUT2D eigenvalue weighted by Gasteiger charge is 2.09. The first-order valence-corrected chi connectivity index (χ1v) is 6.28. The topological polar surface area (TPSA) is 41.2 Å². The molecule has 0 saturated heterocycles. The zero-order valence-electron chi connectivity index (χ0n) is 10.2. The van der Waals surface area contributed by atoms with Crippen LogP contribution in [0.5, 0.6) is 0 Å². The number of hydrogen-bond acceptors (Lipinski definition) is 4. The van der Waals surface area contributed by atoms with Crippen molar-refractivity contribution in [3.8, 4) is 6.07 Å². The number of hydrogen-bond donors (Lipinski definition) is 0. The Kier molecular flexibility index (Phi) is 5.50. The van der Waals surface area contributed by atoms with E-state index >= 15 is 0 Å².